The van der Waals surface area contributed by atoms with Crippen molar-refractivity contribution in [2.75, 3.05) is 20.0 Å². The summed E-state index contributed by atoms with van der Waals surface area (Å²) in [6, 6.07) is 5.71. The van der Waals surface area contributed by atoms with Crippen LogP contribution in [0.4, 0.5) is 5.82 Å². The highest BCUT2D eigenvalue weighted by molar-refractivity contribution is 5.73. The molecule has 0 fully saturated rings. The average Bonchev–Trinajstić information content (AvgIpc) is 2.82. The van der Waals surface area contributed by atoms with E-state index in [0.717, 1.165) is 30.0 Å². The van der Waals surface area contributed by atoms with E-state index in [9.17, 15) is 0 Å². The molecule has 2 rings (SSSR count). The Morgan fingerprint density at radius 1 is 1.15 bits per heavy atom. The van der Waals surface area contributed by atoms with Gasteiger partial charge in [0.1, 0.15) is 17.3 Å². The number of methoxy groups -OCH3 is 2. The average molecular weight is 275 g/mol. The Kier molecular flexibility index (Phi) is 4.17. The summed E-state index contributed by atoms with van der Waals surface area (Å²) in [6.07, 6.45) is 0.853. The van der Waals surface area contributed by atoms with Crippen LogP contribution in [0.15, 0.2) is 18.2 Å². The van der Waals surface area contributed by atoms with Crippen LogP contribution in [-0.4, -0.2) is 23.8 Å². The number of aromatic nitrogens is 2. The molecule has 1 heterocycles. The highest BCUT2D eigenvalue weighted by Crippen LogP contribution is 2.34. The molecule has 2 aromatic rings. The summed E-state index contributed by atoms with van der Waals surface area (Å²) in [6.45, 7) is 4.96. The fourth-order valence-electron chi connectivity index (χ4n) is 2.33. The number of rotatable bonds is 5. The molecule has 0 saturated heterocycles. The third-order valence-corrected chi connectivity index (χ3v) is 3.38. The highest BCUT2D eigenvalue weighted by atomic mass is 16.5. The molecular formula is C15H21N3O2. The lowest BCUT2D eigenvalue weighted by Crippen LogP contribution is -2.04. The van der Waals surface area contributed by atoms with Gasteiger partial charge in [-0.1, -0.05) is 6.92 Å². The van der Waals surface area contributed by atoms with E-state index in [1.165, 1.54) is 0 Å². The number of nitrogen functional groups attached to an aromatic ring is 1. The van der Waals surface area contributed by atoms with Crippen molar-refractivity contribution in [3.63, 3.8) is 0 Å². The third kappa shape index (κ3) is 2.31. The predicted molar refractivity (Wildman–Crippen MR) is 80.2 cm³/mol. The molecule has 0 unspecified atom stereocenters. The first-order chi connectivity index (χ1) is 9.65. The second-order valence-corrected chi connectivity index (χ2v) is 4.43. The zero-order chi connectivity index (χ0) is 14.7. The van der Waals surface area contributed by atoms with Crippen molar-refractivity contribution >= 4 is 5.82 Å². The fourth-order valence-corrected chi connectivity index (χ4v) is 2.33. The van der Waals surface area contributed by atoms with Gasteiger partial charge in [-0.25, -0.2) is 4.98 Å². The number of nitrogens with two attached hydrogens (primary N) is 1. The second kappa shape index (κ2) is 5.86. The smallest absolute Gasteiger partial charge is 0.161 e. The Bertz CT molecular complexity index is 605. The van der Waals surface area contributed by atoms with Gasteiger partial charge in [0.15, 0.2) is 11.5 Å². The molecule has 0 spiro atoms. The van der Waals surface area contributed by atoms with Gasteiger partial charge in [0.05, 0.1) is 14.2 Å². The van der Waals surface area contributed by atoms with Crippen LogP contribution in [0.5, 0.6) is 11.5 Å². The molecule has 0 atom stereocenters. The maximum atomic E-state index is 6.21. The van der Waals surface area contributed by atoms with E-state index >= 15 is 0 Å². The summed E-state index contributed by atoms with van der Waals surface area (Å²) in [5, 5.41) is 0. The van der Waals surface area contributed by atoms with Crippen molar-refractivity contribution in [2.45, 2.75) is 26.8 Å². The van der Waals surface area contributed by atoms with Crippen LogP contribution in [0.2, 0.25) is 0 Å². The number of anilines is 1. The minimum atomic E-state index is 0.675. The molecule has 20 heavy (non-hydrogen) atoms. The first kappa shape index (κ1) is 14.2. The lowest BCUT2D eigenvalue weighted by Gasteiger charge is -2.09. The number of hydrogen-bond acceptors (Lipinski definition) is 4. The van der Waals surface area contributed by atoms with Gasteiger partial charge in [-0.05, 0) is 25.1 Å². The van der Waals surface area contributed by atoms with Crippen LogP contribution in [0.1, 0.15) is 19.7 Å². The Morgan fingerprint density at radius 3 is 2.35 bits per heavy atom. The molecule has 5 nitrogen and oxygen atoms in total. The van der Waals surface area contributed by atoms with Crippen LogP contribution < -0.4 is 15.2 Å². The zero-order valence-electron chi connectivity index (χ0n) is 12.4. The summed E-state index contributed by atoms with van der Waals surface area (Å²) in [5.41, 5.74) is 7.94. The quantitative estimate of drug-likeness (QED) is 0.911. The molecular weight excluding hydrogens is 254 g/mol. The molecule has 1 aromatic carbocycles. The molecule has 5 heteroatoms. The monoisotopic (exact) mass is 275 g/mol. The number of hydrogen-bond donors (Lipinski definition) is 1. The summed E-state index contributed by atoms with van der Waals surface area (Å²) >= 11 is 0. The van der Waals surface area contributed by atoms with Crippen LogP contribution in [0.25, 0.3) is 11.3 Å². The van der Waals surface area contributed by atoms with Crippen molar-refractivity contribution in [3.8, 4) is 22.8 Å². The van der Waals surface area contributed by atoms with E-state index in [4.69, 9.17) is 15.2 Å². The van der Waals surface area contributed by atoms with E-state index in [2.05, 4.69) is 18.8 Å². The molecule has 0 bridgehead atoms. The van der Waals surface area contributed by atoms with E-state index in [-0.39, 0.29) is 0 Å². The maximum Gasteiger partial charge on any atom is 0.161 e. The van der Waals surface area contributed by atoms with Gasteiger partial charge in [-0.2, -0.15) is 0 Å². The van der Waals surface area contributed by atoms with Crippen LogP contribution >= 0.6 is 0 Å². The van der Waals surface area contributed by atoms with Gasteiger partial charge in [0.25, 0.3) is 0 Å². The predicted octanol–water partition coefficient (Wildman–Crippen LogP) is 2.73. The number of imidazole rings is 1. The topological polar surface area (TPSA) is 62.3 Å². The van der Waals surface area contributed by atoms with E-state index < -0.39 is 0 Å². The molecule has 2 N–H and O–H groups in total. The minimum absolute atomic E-state index is 0.675. The van der Waals surface area contributed by atoms with Gasteiger partial charge in [0.2, 0.25) is 0 Å². The summed E-state index contributed by atoms with van der Waals surface area (Å²) in [5.74, 6) is 3.06. The van der Waals surface area contributed by atoms with Crippen molar-refractivity contribution in [1.82, 2.24) is 9.55 Å². The van der Waals surface area contributed by atoms with Gasteiger partial charge in [-0.3, -0.25) is 0 Å². The van der Waals surface area contributed by atoms with Gasteiger partial charge in [0, 0.05) is 18.5 Å². The Morgan fingerprint density at radius 2 is 1.85 bits per heavy atom. The minimum Gasteiger partial charge on any atom is -0.493 e. The third-order valence-electron chi connectivity index (χ3n) is 3.38. The number of nitrogens with zero attached hydrogens (tertiary/aromatic N) is 2. The first-order valence-electron chi connectivity index (χ1n) is 6.73. The maximum absolute atomic E-state index is 6.21. The molecule has 0 aliphatic heterocycles. The van der Waals surface area contributed by atoms with Gasteiger partial charge in [-0.15, -0.1) is 0 Å². The van der Waals surface area contributed by atoms with E-state index in [0.29, 0.717) is 17.3 Å². The van der Waals surface area contributed by atoms with Gasteiger partial charge >= 0.3 is 0 Å². The molecule has 0 amide bonds. The second-order valence-electron chi connectivity index (χ2n) is 4.43. The molecule has 0 saturated carbocycles. The lowest BCUT2D eigenvalue weighted by molar-refractivity contribution is 0.355. The van der Waals surface area contributed by atoms with Gasteiger partial charge < -0.3 is 19.8 Å². The Labute approximate surface area is 119 Å². The van der Waals surface area contributed by atoms with Crippen molar-refractivity contribution in [1.29, 1.82) is 0 Å². The van der Waals surface area contributed by atoms with Crippen molar-refractivity contribution in [2.24, 2.45) is 0 Å². The fraction of sp³-hybridized carbons (Fsp3) is 0.400. The normalized spacial score (nSPS) is 10.6. The molecule has 0 aliphatic carbocycles. The zero-order valence-corrected chi connectivity index (χ0v) is 12.4. The molecule has 1 aromatic heterocycles. The number of ether oxygens (including phenoxy) is 2. The Balaban J connectivity index is 2.54. The SMILES string of the molecule is CCc1nc(-c2ccc(OC)c(OC)c2)c(N)n1CC. The highest BCUT2D eigenvalue weighted by Gasteiger charge is 2.15. The summed E-state index contributed by atoms with van der Waals surface area (Å²) < 4.78 is 12.6. The van der Waals surface area contributed by atoms with Crippen molar-refractivity contribution in [3.05, 3.63) is 24.0 Å². The van der Waals surface area contributed by atoms with Crippen LogP contribution in [0, 0.1) is 0 Å². The van der Waals surface area contributed by atoms with Crippen molar-refractivity contribution < 1.29 is 9.47 Å². The van der Waals surface area contributed by atoms with E-state index in [1.807, 2.05) is 22.8 Å². The molecule has 108 valence electrons. The first-order valence-corrected chi connectivity index (χ1v) is 6.73. The summed E-state index contributed by atoms with van der Waals surface area (Å²) in [4.78, 5) is 4.64. The summed E-state index contributed by atoms with van der Waals surface area (Å²) in [7, 11) is 3.24. The Hall–Kier alpha value is -2.17. The molecule has 0 aliphatic rings. The van der Waals surface area contributed by atoms with E-state index in [1.54, 1.807) is 14.2 Å². The number of benzene rings is 1. The number of aryl methyl sites for hydroxylation is 1. The largest absolute Gasteiger partial charge is 0.493 e. The standard InChI is InChI=1S/C15H21N3O2/c1-5-13-17-14(15(16)18(13)6-2)10-7-8-11(19-3)12(9-10)20-4/h7-9H,5-6,16H2,1-4H3. The lowest BCUT2D eigenvalue weighted by atomic mass is 10.1. The van der Waals surface area contributed by atoms with Crippen LogP contribution in [-0.2, 0) is 13.0 Å². The molecule has 0 radical (unpaired) electrons. The van der Waals surface area contributed by atoms with Crippen LogP contribution in [0.3, 0.4) is 0 Å².